The minimum Gasteiger partial charge on any atom is -0.380 e. The predicted octanol–water partition coefficient (Wildman–Crippen LogP) is 2.72. The molecule has 0 radical (unpaired) electrons. The number of ether oxygens (including phenoxy) is 2. The molecule has 1 aromatic rings. The molecule has 0 unspecified atom stereocenters. The van der Waals surface area contributed by atoms with Gasteiger partial charge in [0.25, 0.3) is 0 Å². The van der Waals surface area contributed by atoms with Crippen molar-refractivity contribution in [1.82, 2.24) is 0 Å². The van der Waals surface area contributed by atoms with Crippen LogP contribution in [0.15, 0.2) is 18.2 Å². The first-order valence-electron chi connectivity index (χ1n) is 7.56. The SMILES string of the molecule is CCOCCN(CCOCC)c1cccc(F)c1[C@@H](C)N. The summed E-state index contributed by atoms with van der Waals surface area (Å²) in [5.41, 5.74) is 7.30. The van der Waals surface area contributed by atoms with Gasteiger partial charge >= 0.3 is 0 Å². The van der Waals surface area contributed by atoms with E-state index in [9.17, 15) is 4.39 Å². The van der Waals surface area contributed by atoms with Crippen LogP contribution in [0, 0.1) is 5.82 Å². The Morgan fingerprint density at radius 1 is 1.14 bits per heavy atom. The largest absolute Gasteiger partial charge is 0.380 e. The van der Waals surface area contributed by atoms with Gasteiger partial charge in [0.05, 0.1) is 13.2 Å². The molecule has 0 aliphatic carbocycles. The minimum atomic E-state index is -0.358. The van der Waals surface area contributed by atoms with Gasteiger partial charge in [-0.15, -0.1) is 0 Å². The Labute approximate surface area is 127 Å². The van der Waals surface area contributed by atoms with E-state index in [1.165, 1.54) is 6.07 Å². The summed E-state index contributed by atoms with van der Waals surface area (Å²) in [5.74, 6) is -0.264. The lowest BCUT2D eigenvalue weighted by Gasteiger charge is -2.28. The molecule has 1 rings (SSSR count). The molecular weight excluding hydrogens is 271 g/mol. The van der Waals surface area contributed by atoms with Crippen LogP contribution >= 0.6 is 0 Å². The third kappa shape index (κ3) is 5.61. The van der Waals surface area contributed by atoms with E-state index in [0.717, 1.165) is 5.69 Å². The summed E-state index contributed by atoms with van der Waals surface area (Å²) in [5, 5.41) is 0. The molecule has 0 spiro atoms. The number of nitrogens with two attached hydrogens (primary N) is 1. The topological polar surface area (TPSA) is 47.7 Å². The molecule has 0 saturated carbocycles. The Morgan fingerprint density at radius 2 is 1.71 bits per heavy atom. The summed E-state index contributed by atoms with van der Waals surface area (Å²) >= 11 is 0. The fraction of sp³-hybridized carbons (Fsp3) is 0.625. The van der Waals surface area contributed by atoms with Crippen molar-refractivity contribution in [2.24, 2.45) is 5.73 Å². The maximum atomic E-state index is 14.1. The molecule has 0 saturated heterocycles. The van der Waals surface area contributed by atoms with E-state index in [1.54, 1.807) is 13.0 Å². The van der Waals surface area contributed by atoms with Crippen molar-refractivity contribution >= 4 is 5.69 Å². The van der Waals surface area contributed by atoms with Crippen LogP contribution in [0.4, 0.5) is 10.1 Å². The molecule has 120 valence electrons. The van der Waals surface area contributed by atoms with Crippen molar-refractivity contribution in [2.45, 2.75) is 26.8 Å². The molecule has 0 bridgehead atoms. The van der Waals surface area contributed by atoms with Gasteiger partial charge in [0, 0.05) is 43.6 Å². The van der Waals surface area contributed by atoms with E-state index in [1.807, 2.05) is 19.9 Å². The van der Waals surface area contributed by atoms with E-state index in [-0.39, 0.29) is 11.9 Å². The smallest absolute Gasteiger partial charge is 0.130 e. The highest BCUT2D eigenvalue weighted by atomic mass is 19.1. The fourth-order valence-corrected chi connectivity index (χ4v) is 2.24. The first-order valence-corrected chi connectivity index (χ1v) is 7.56. The number of halogens is 1. The molecule has 21 heavy (non-hydrogen) atoms. The number of hydrogen-bond donors (Lipinski definition) is 1. The van der Waals surface area contributed by atoms with Crippen LogP contribution in [0.3, 0.4) is 0 Å². The van der Waals surface area contributed by atoms with Gasteiger partial charge in [-0.1, -0.05) is 6.07 Å². The molecule has 0 fully saturated rings. The summed E-state index contributed by atoms with van der Waals surface area (Å²) in [6, 6.07) is 4.71. The molecule has 5 heteroatoms. The summed E-state index contributed by atoms with van der Waals surface area (Å²) in [7, 11) is 0. The Bertz CT molecular complexity index is 403. The zero-order valence-corrected chi connectivity index (χ0v) is 13.3. The summed E-state index contributed by atoms with van der Waals surface area (Å²) in [6.07, 6.45) is 0. The van der Waals surface area contributed by atoms with Gasteiger partial charge in [-0.05, 0) is 32.9 Å². The zero-order valence-electron chi connectivity index (χ0n) is 13.3. The number of rotatable bonds is 10. The molecule has 0 aliphatic rings. The van der Waals surface area contributed by atoms with Crippen LogP contribution in [0.5, 0.6) is 0 Å². The van der Waals surface area contributed by atoms with Crippen LogP contribution in [0.25, 0.3) is 0 Å². The highest BCUT2D eigenvalue weighted by Crippen LogP contribution is 2.27. The van der Waals surface area contributed by atoms with Crippen molar-refractivity contribution in [2.75, 3.05) is 44.4 Å². The number of anilines is 1. The van der Waals surface area contributed by atoms with Gasteiger partial charge in [0.1, 0.15) is 5.82 Å². The van der Waals surface area contributed by atoms with Gasteiger partial charge < -0.3 is 20.1 Å². The second-order valence-electron chi connectivity index (χ2n) is 4.84. The van der Waals surface area contributed by atoms with Crippen molar-refractivity contribution in [1.29, 1.82) is 0 Å². The van der Waals surface area contributed by atoms with Crippen LogP contribution in [0.2, 0.25) is 0 Å². The molecule has 0 heterocycles. The van der Waals surface area contributed by atoms with E-state index >= 15 is 0 Å². The number of nitrogens with zero attached hydrogens (tertiary/aromatic N) is 1. The second-order valence-corrected chi connectivity index (χ2v) is 4.84. The molecular formula is C16H27FN2O2. The third-order valence-electron chi connectivity index (χ3n) is 3.25. The Kier molecular flexibility index (Phi) is 8.27. The maximum Gasteiger partial charge on any atom is 0.130 e. The van der Waals surface area contributed by atoms with Crippen molar-refractivity contribution in [3.63, 3.8) is 0 Å². The van der Waals surface area contributed by atoms with Gasteiger partial charge in [0.2, 0.25) is 0 Å². The lowest BCUT2D eigenvalue weighted by atomic mass is 10.0. The average molecular weight is 298 g/mol. The summed E-state index contributed by atoms with van der Waals surface area (Å²) < 4.78 is 24.9. The summed E-state index contributed by atoms with van der Waals surface area (Å²) in [4.78, 5) is 2.08. The van der Waals surface area contributed by atoms with E-state index in [4.69, 9.17) is 15.2 Å². The standard InChI is InChI=1S/C16H27FN2O2/c1-4-20-11-9-19(10-12-21-5-2)15-8-6-7-14(17)16(15)13(3)18/h6-8,13H,4-5,9-12,18H2,1-3H3/t13-/m1/s1. The highest BCUT2D eigenvalue weighted by Gasteiger charge is 2.17. The van der Waals surface area contributed by atoms with Gasteiger partial charge in [-0.25, -0.2) is 4.39 Å². The quantitative estimate of drug-likeness (QED) is 0.675. The van der Waals surface area contributed by atoms with Crippen LogP contribution in [0.1, 0.15) is 32.4 Å². The number of hydrogen-bond acceptors (Lipinski definition) is 4. The summed E-state index contributed by atoms with van der Waals surface area (Å²) in [6.45, 7) is 9.61. The van der Waals surface area contributed by atoms with Gasteiger partial charge in [-0.3, -0.25) is 0 Å². The normalized spacial score (nSPS) is 12.4. The lowest BCUT2D eigenvalue weighted by molar-refractivity contribution is 0.141. The molecule has 0 aliphatic heterocycles. The Balaban J connectivity index is 2.92. The van der Waals surface area contributed by atoms with Crippen LogP contribution in [-0.2, 0) is 9.47 Å². The third-order valence-corrected chi connectivity index (χ3v) is 3.25. The molecule has 0 aromatic heterocycles. The van der Waals surface area contributed by atoms with Crippen molar-refractivity contribution < 1.29 is 13.9 Å². The molecule has 4 nitrogen and oxygen atoms in total. The van der Waals surface area contributed by atoms with E-state index < -0.39 is 0 Å². The average Bonchev–Trinajstić information content (AvgIpc) is 2.45. The van der Waals surface area contributed by atoms with Gasteiger partial charge in [0.15, 0.2) is 0 Å². The number of benzene rings is 1. The predicted molar refractivity (Wildman–Crippen MR) is 84.2 cm³/mol. The highest BCUT2D eigenvalue weighted by molar-refractivity contribution is 5.55. The first kappa shape index (κ1) is 17.9. The van der Waals surface area contributed by atoms with Gasteiger partial charge in [-0.2, -0.15) is 0 Å². The Hall–Kier alpha value is -1.17. The van der Waals surface area contributed by atoms with Crippen LogP contribution in [-0.4, -0.2) is 39.5 Å². The Morgan fingerprint density at radius 3 is 2.19 bits per heavy atom. The molecule has 1 atom stereocenters. The van der Waals surface area contributed by atoms with Crippen molar-refractivity contribution in [3.05, 3.63) is 29.6 Å². The molecule has 0 amide bonds. The zero-order chi connectivity index (χ0) is 15.7. The van der Waals surface area contributed by atoms with E-state index in [0.29, 0.717) is 45.1 Å². The fourth-order valence-electron chi connectivity index (χ4n) is 2.24. The monoisotopic (exact) mass is 298 g/mol. The minimum absolute atomic E-state index is 0.264. The molecule has 1 aromatic carbocycles. The first-order chi connectivity index (χ1) is 10.1. The maximum absolute atomic E-state index is 14.1. The second kappa shape index (κ2) is 9.71. The van der Waals surface area contributed by atoms with Crippen LogP contribution < -0.4 is 10.6 Å². The lowest BCUT2D eigenvalue weighted by Crippen LogP contribution is -2.32. The van der Waals surface area contributed by atoms with Crippen molar-refractivity contribution in [3.8, 4) is 0 Å². The van der Waals surface area contributed by atoms with E-state index in [2.05, 4.69) is 4.90 Å². The molecule has 2 N–H and O–H groups in total.